The standard InChI is InChI=1S/C18H22FN3O3/c1-4-8-25-15-7-5-6-13(16(15)19)22-18(23)12-9-11(2)14(10-24-3)21-17(12)20/h5-7,9H,4,8,10H2,1-3H3,(H2,20,21)(H,22,23). The quantitative estimate of drug-likeness (QED) is 0.802. The molecule has 0 bridgehead atoms. The van der Waals surface area contributed by atoms with Crippen molar-refractivity contribution in [2.75, 3.05) is 24.8 Å². The fourth-order valence-electron chi connectivity index (χ4n) is 2.25. The van der Waals surface area contributed by atoms with Crippen LogP contribution < -0.4 is 15.8 Å². The number of rotatable bonds is 7. The second-order valence-electron chi connectivity index (χ2n) is 5.54. The summed E-state index contributed by atoms with van der Waals surface area (Å²) in [6.45, 7) is 4.42. The van der Waals surface area contributed by atoms with E-state index in [2.05, 4.69) is 10.3 Å². The van der Waals surface area contributed by atoms with Crippen LogP contribution in [0.4, 0.5) is 15.9 Å². The topological polar surface area (TPSA) is 86.5 Å². The van der Waals surface area contributed by atoms with Gasteiger partial charge in [-0.2, -0.15) is 0 Å². The maximum atomic E-state index is 14.4. The fraction of sp³-hybridized carbons (Fsp3) is 0.333. The van der Waals surface area contributed by atoms with Crippen molar-refractivity contribution >= 4 is 17.4 Å². The molecule has 0 spiro atoms. The minimum Gasteiger partial charge on any atom is -0.490 e. The Labute approximate surface area is 146 Å². The van der Waals surface area contributed by atoms with Crippen LogP contribution in [-0.2, 0) is 11.3 Å². The molecule has 134 valence electrons. The van der Waals surface area contributed by atoms with Gasteiger partial charge >= 0.3 is 0 Å². The van der Waals surface area contributed by atoms with Crippen molar-refractivity contribution in [3.8, 4) is 5.75 Å². The van der Waals surface area contributed by atoms with E-state index in [0.29, 0.717) is 18.9 Å². The number of nitrogen functional groups attached to an aromatic ring is 1. The Bertz CT molecular complexity index is 765. The first-order valence-corrected chi connectivity index (χ1v) is 7.95. The second kappa shape index (κ2) is 8.43. The number of carbonyl (C=O) groups is 1. The average molecular weight is 347 g/mol. The third kappa shape index (κ3) is 4.45. The monoisotopic (exact) mass is 347 g/mol. The number of aryl methyl sites for hydroxylation is 1. The highest BCUT2D eigenvalue weighted by Crippen LogP contribution is 2.26. The summed E-state index contributed by atoms with van der Waals surface area (Å²) in [5, 5.41) is 2.52. The Morgan fingerprint density at radius 2 is 2.16 bits per heavy atom. The number of nitrogens with two attached hydrogens (primary N) is 1. The van der Waals surface area contributed by atoms with Gasteiger partial charge in [0, 0.05) is 7.11 Å². The first-order valence-electron chi connectivity index (χ1n) is 7.95. The Morgan fingerprint density at radius 3 is 2.84 bits per heavy atom. The minimum atomic E-state index is -0.622. The molecule has 0 aliphatic carbocycles. The van der Waals surface area contributed by atoms with E-state index in [1.807, 2.05) is 6.92 Å². The van der Waals surface area contributed by atoms with Crippen LogP contribution in [0.3, 0.4) is 0 Å². The van der Waals surface area contributed by atoms with Crippen LogP contribution in [-0.4, -0.2) is 24.6 Å². The summed E-state index contributed by atoms with van der Waals surface area (Å²) in [7, 11) is 1.55. The maximum absolute atomic E-state index is 14.4. The zero-order chi connectivity index (χ0) is 18.4. The van der Waals surface area contributed by atoms with Crippen LogP contribution in [0.2, 0.25) is 0 Å². The van der Waals surface area contributed by atoms with Crippen LogP contribution in [0.5, 0.6) is 5.75 Å². The lowest BCUT2D eigenvalue weighted by molar-refractivity contribution is 0.102. The molecule has 7 heteroatoms. The summed E-state index contributed by atoms with van der Waals surface area (Å²) in [6, 6.07) is 6.20. The van der Waals surface area contributed by atoms with Gasteiger partial charge in [0.05, 0.1) is 30.2 Å². The molecule has 3 N–H and O–H groups in total. The first-order chi connectivity index (χ1) is 12.0. The summed E-state index contributed by atoms with van der Waals surface area (Å²) >= 11 is 0. The number of nitrogens with one attached hydrogen (secondary N) is 1. The van der Waals surface area contributed by atoms with Crippen molar-refractivity contribution in [1.29, 1.82) is 0 Å². The number of carbonyl (C=O) groups excluding carboxylic acids is 1. The highest BCUT2D eigenvalue weighted by atomic mass is 19.1. The molecule has 1 aromatic carbocycles. The largest absolute Gasteiger partial charge is 0.490 e. The molecule has 0 saturated heterocycles. The van der Waals surface area contributed by atoms with Gasteiger partial charge in [0.1, 0.15) is 5.82 Å². The number of benzene rings is 1. The summed E-state index contributed by atoms with van der Waals surface area (Å²) in [5.41, 5.74) is 7.48. The van der Waals surface area contributed by atoms with E-state index < -0.39 is 11.7 Å². The number of hydrogen-bond acceptors (Lipinski definition) is 5. The van der Waals surface area contributed by atoms with Crippen molar-refractivity contribution in [2.24, 2.45) is 0 Å². The zero-order valence-corrected chi connectivity index (χ0v) is 14.6. The number of amides is 1. The average Bonchev–Trinajstić information content (AvgIpc) is 2.58. The maximum Gasteiger partial charge on any atom is 0.259 e. The van der Waals surface area contributed by atoms with Gasteiger partial charge in [0.15, 0.2) is 11.6 Å². The third-order valence-corrected chi connectivity index (χ3v) is 3.55. The minimum absolute atomic E-state index is 0.0247. The van der Waals surface area contributed by atoms with Crippen molar-refractivity contribution in [3.05, 3.63) is 46.9 Å². The van der Waals surface area contributed by atoms with Crippen LogP contribution >= 0.6 is 0 Å². The Morgan fingerprint density at radius 1 is 1.40 bits per heavy atom. The van der Waals surface area contributed by atoms with Gasteiger partial charge in [-0.15, -0.1) is 0 Å². The van der Waals surface area contributed by atoms with Gasteiger partial charge < -0.3 is 20.5 Å². The fourth-order valence-corrected chi connectivity index (χ4v) is 2.25. The normalized spacial score (nSPS) is 10.6. The lowest BCUT2D eigenvalue weighted by atomic mass is 10.1. The zero-order valence-electron chi connectivity index (χ0n) is 14.6. The van der Waals surface area contributed by atoms with Crippen LogP contribution in [0.15, 0.2) is 24.3 Å². The van der Waals surface area contributed by atoms with Crippen molar-refractivity contribution in [1.82, 2.24) is 4.98 Å². The predicted octanol–water partition coefficient (Wildman–Crippen LogP) is 3.30. The molecule has 1 aromatic heterocycles. The highest BCUT2D eigenvalue weighted by Gasteiger charge is 2.17. The van der Waals surface area contributed by atoms with E-state index in [-0.39, 0.29) is 22.8 Å². The molecule has 1 amide bonds. The SMILES string of the molecule is CCCOc1cccc(NC(=O)c2cc(C)c(COC)nc2N)c1F. The molecule has 6 nitrogen and oxygen atoms in total. The molecule has 0 unspecified atom stereocenters. The number of hydrogen-bond donors (Lipinski definition) is 2. The summed E-state index contributed by atoms with van der Waals surface area (Å²) in [4.78, 5) is 16.6. The number of nitrogens with zero attached hydrogens (tertiary/aromatic N) is 1. The molecule has 25 heavy (non-hydrogen) atoms. The molecule has 0 radical (unpaired) electrons. The Hall–Kier alpha value is -2.67. The summed E-state index contributed by atoms with van der Waals surface area (Å²) < 4.78 is 24.8. The van der Waals surface area contributed by atoms with E-state index in [9.17, 15) is 9.18 Å². The highest BCUT2D eigenvalue weighted by molar-refractivity contribution is 6.07. The molecule has 0 atom stereocenters. The van der Waals surface area contributed by atoms with E-state index in [1.165, 1.54) is 12.1 Å². The molecule has 2 rings (SSSR count). The van der Waals surface area contributed by atoms with Gasteiger partial charge in [0.2, 0.25) is 0 Å². The van der Waals surface area contributed by atoms with Gasteiger partial charge in [-0.3, -0.25) is 4.79 Å². The number of anilines is 2. The van der Waals surface area contributed by atoms with Crippen LogP contribution in [0.25, 0.3) is 0 Å². The Kier molecular flexibility index (Phi) is 6.30. The lowest BCUT2D eigenvalue weighted by Crippen LogP contribution is -2.17. The Balaban J connectivity index is 2.24. The summed E-state index contributed by atoms with van der Waals surface area (Å²) in [6.07, 6.45) is 0.755. The third-order valence-electron chi connectivity index (χ3n) is 3.55. The first kappa shape index (κ1) is 18.7. The van der Waals surface area contributed by atoms with Crippen LogP contribution in [0.1, 0.15) is 35.0 Å². The smallest absolute Gasteiger partial charge is 0.259 e. The predicted molar refractivity (Wildman–Crippen MR) is 94.2 cm³/mol. The van der Waals surface area contributed by atoms with Crippen molar-refractivity contribution < 1.29 is 18.7 Å². The lowest BCUT2D eigenvalue weighted by Gasteiger charge is -2.13. The molecule has 1 heterocycles. The molecule has 0 saturated carbocycles. The number of pyridine rings is 1. The number of methoxy groups -OCH3 is 1. The van der Waals surface area contributed by atoms with E-state index >= 15 is 0 Å². The molecule has 0 aliphatic heterocycles. The number of aromatic nitrogens is 1. The summed E-state index contributed by atoms with van der Waals surface area (Å²) in [5.74, 6) is -1.00. The molecular formula is C18H22FN3O3. The van der Waals surface area contributed by atoms with Crippen molar-refractivity contribution in [2.45, 2.75) is 26.9 Å². The van der Waals surface area contributed by atoms with E-state index in [4.69, 9.17) is 15.2 Å². The molecule has 0 fully saturated rings. The molecular weight excluding hydrogens is 325 g/mol. The van der Waals surface area contributed by atoms with Crippen molar-refractivity contribution in [3.63, 3.8) is 0 Å². The van der Waals surface area contributed by atoms with Gasteiger partial charge in [-0.25, -0.2) is 9.37 Å². The second-order valence-corrected chi connectivity index (χ2v) is 5.54. The van der Waals surface area contributed by atoms with Gasteiger partial charge in [-0.05, 0) is 37.1 Å². The van der Waals surface area contributed by atoms with E-state index in [1.54, 1.807) is 26.2 Å². The van der Waals surface area contributed by atoms with E-state index in [0.717, 1.165) is 12.0 Å². The molecule has 2 aromatic rings. The van der Waals surface area contributed by atoms with Gasteiger partial charge in [-0.1, -0.05) is 13.0 Å². The van der Waals surface area contributed by atoms with Gasteiger partial charge in [0.25, 0.3) is 5.91 Å². The molecule has 0 aliphatic rings. The van der Waals surface area contributed by atoms with Crippen LogP contribution in [0, 0.1) is 12.7 Å². The number of halogens is 1. The number of ether oxygens (including phenoxy) is 2.